The van der Waals surface area contributed by atoms with Gasteiger partial charge in [0.05, 0.1) is 0 Å². The van der Waals surface area contributed by atoms with E-state index >= 15 is 0 Å². The van der Waals surface area contributed by atoms with Gasteiger partial charge in [-0.1, -0.05) is 32.1 Å². The molecule has 0 saturated heterocycles. The third-order valence-corrected chi connectivity index (χ3v) is 3.27. The molecule has 1 N–H and O–H groups in total. The van der Waals surface area contributed by atoms with E-state index in [1.807, 2.05) is 0 Å². The Morgan fingerprint density at radius 3 is 2.82 bits per heavy atom. The van der Waals surface area contributed by atoms with Crippen LogP contribution in [-0.2, 0) is 17.8 Å². The molecule has 0 bridgehead atoms. The Hall–Kier alpha value is -1.46. The highest BCUT2D eigenvalue weighted by molar-refractivity contribution is 5.66. The maximum absolute atomic E-state index is 10.5. The Kier molecular flexibility index (Phi) is 4.06. The quantitative estimate of drug-likeness (QED) is 0.835. The number of hydrogen-bond donors (Lipinski definition) is 1. The Bertz CT molecular complexity index is 371. The average molecular weight is 238 g/mol. The van der Waals surface area contributed by atoms with Gasteiger partial charge in [-0.05, 0) is 17.6 Å². The lowest BCUT2D eigenvalue weighted by molar-refractivity contribution is -0.138. The molecule has 0 radical (unpaired) electrons. The van der Waals surface area contributed by atoms with E-state index in [1.54, 1.807) is 0 Å². The van der Waals surface area contributed by atoms with Crippen molar-refractivity contribution in [3.05, 3.63) is 5.82 Å². The molecule has 1 saturated carbocycles. The second kappa shape index (κ2) is 5.75. The van der Waals surface area contributed by atoms with Gasteiger partial charge < -0.3 is 5.11 Å². The molecule has 1 aliphatic rings. The van der Waals surface area contributed by atoms with Crippen LogP contribution >= 0.6 is 0 Å². The minimum atomic E-state index is -0.943. The van der Waals surface area contributed by atoms with Gasteiger partial charge in [0.25, 0.3) is 0 Å². The lowest BCUT2D eigenvalue weighted by atomic mass is 9.86. The summed E-state index contributed by atoms with van der Waals surface area (Å²) in [5.74, 6) is 0.508. The molecular weight excluding hydrogens is 220 g/mol. The molecule has 0 aliphatic heterocycles. The molecule has 1 heterocycles. The third kappa shape index (κ3) is 3.80. The molecule has 0 amide bonds. The van der Waals surface area contributed by atoms with Crippen molar-refractivity contribution >= 4 is 5.97 Å². The van der Waals surface area contributed by atoms with Crippen molar-refractivity contribution in [2.24, 2.45) is 5.92 Å². The van der Waals surface area contributed by atoms with E-state index in [-0.39, 0.29) is 6.54 Å². The Labute approximate surface area is 100 Å². The number of carboxylic acids is 1. The second-order valence-electron chi connectivity index (χ2n) is 4.67. The van der Waals surface area contributed by atoms with Crippen LogP contribution in [0.25, 0.3) is 0 Å². The van der Waals surface area contributed by atoms with E-state index in [4.69, 9.17) is 5.11 Å². The Morgan fingerprint density at radius 2 is 2.12 bits per heavy atom. The largest absolute Gasteiger partial charge is 0.480 e. The average Bonchev–Trinajstić information content (AvgIpc) is 2.75. The zero-order valence-electron chi connectivity index (χ0n) is 9.88. The van der Waals surface area contributed by atoms with Crippen molar-refractivity contribution in [2.45, 2.75) is 51.5 Å². The summed E-state index contributed by atoms with van der Waals surface area (Å²) in [4.78, 5) is 11.6. The fourth-order valence-corrected chi connectivity index (χ4v) is 2.37. The maximum Gasteiger partial charge on any atom is 0.327 e. The molecule has 2 rings (SSSR count). The topological polar surface area (TPSA) is 80.9 Å². The summed E-state index contributed by atoms with van der Waals surface area (Å²) in [5.41, 5.74) is 0. The van der Waals surface area contributed by atoms with Crippen molar-refractivity contribution in [2.75, 3.05) is 0 Å². The molecule has 1 aliphatic carbocycles. The summed E-state index contributed by atoms with van der Waals surface area (Å²) in [6, 6.07) is 0. The highest BCUT2D eigenvalue weighted by Gasteiger charge is 2.14. The Morgan fingerprint density at radius 1 is 1.35 bits per heavy atom. The smallest absolute Gasteiger partial charge is 0.327 e. The first-order valence-corrected chi connectivity index (χ1v) is 6.22. The van der Waals surface area contributed by atoms with E-state index in [1.165, 1.54) is 32.1 Å². The SMILES string of the molecule is O=C(O)Cn1nnc(CCC2CCCCC2)n1. The summed E-state index contributed by atoms with van der Waals surface area (Å²) >= 11 is 0. The predicted molar refractivity (Wildman–Crippen MR) is 60.3 cm³/mol. The minimum Gasteiger partial charge on any atom is -0.480 e. The van der Waals surface area contributed by atoms with Gasteiger partial charge in [0.1, 0.15) is 0 Å². The summed E-state index contributed by atoms with van der Waals surface area (Å²) in [6.07, 6.45) is 8.56. The second-order valence-corrected chi connectivity index (χ2v) is 4.67. The van der Waals surface area contributed by atoms with Crippen LogP contribution in [-0.4, -0.2) is 31.3 Å². The van der Waals surface area contributed by atoms with Crippen LogP contribution in [0.3, 0.4) is 0 Å². The van der Waals surface area contributed by atoms with Crippen LogP contribution in [0.15, 0.2) is 0 Å². The van der Waals surface area contributed by atoms with Gasteiger partial charge in [0.15, 0.2) is 12.4 Å². The van der Waals surface area contributed by atoms with Gasteiger partial charge in [-0.2, -0.15) is 4.80 Å². The number of aliphatic carboxylic acids is 1. The molecule has 17 heavy (non-hydrogen) atoms. The molecule has 6 heteroatoms. The van der Waals surface area contributed by atoms with E-state index in [9.17, 15) is 4.79 Å². The molecule has 0 atom stereocenters. The third-order valence-electron chi connectivity index (χ3n) is 3.27. The Balaban J connectivity index is 1.78. The highest BCUT2D eigenvalue weighted by atomic mass is 16.4. The lowest BCUT2D eigenvalue weighted by Crippen LogP contribution is -2.12. The number of carboxylic acid groups (broad SMARTS) is 1. The zero-order chi connectivity index (χ0) is 12.1. The molecule has 0 unspecified atom stereocenters. The standard InChI is InChI=1S/C11H18N4O2/c16-11(17)8-15-13-10(12-14-15)7-6-9-4-2-1-3-5-9/h9H,1-8H2,(H,16,17). The summed E-state index contributed by atoms with van der Waals surface area (Å²) in [6.45, 7) is -0.212. The van der Waals surface area contributed by atoms with E-state index in [0.717, 1.165) is 23.6 Å². The van der Waals surface area contributed by atoms with Gasteiger partial charge in [-0.25, -0.2) is 0 Å². The number of tetrazole rings is 1. The van der Waals surface area contributed by atoms with Crippen LogP contribution < -0.4 is 0 Å². The zero-order valence-corrected chi connectivity index (χ0v) is 9.88. The van der Waals surface area contributed by atoms with Gasteiger partial charge in [-0.15, -0.1) is 10.2 Å². The first-order valence-electron chi connectivity index (χ1n) is 6.22. The van der Waals surface area contributed by atoms with Gasteiger partial charge in [0, 0.05) is 6.42 Å². The van der Waals surface area contributed by atoms with Gasteiger partial charge >= 0.3 is 5.97 Å². The summed E-state index contributed by atoms with van der Waals surface area (Å²) < 4.78 is 0. The molecule has 1 aromatic rings. The van der Waals surface area contributed by atoms with Crippen molar-refractivity contribution in [3.8, 4) is 0 Å². The fraction of sp³-hybridized carbons (Fsp3) is 0.818. The number of rotatable bonds is 5. The van der Waals surface area contributed by atoms with Crippen molar-refractivity contribution in [3.63, 3.8) is 0 Å². The first kappa shape index (κ1) is 12.0. The van der Waals surface area contributed by atoms with Gasteiger partial charge in [0.2, 0.25) is 0 Å². The first-order chi connectivity index (χ1) is 8.24. The normalized spacial score (nSPS) is 17.2. The monoisotopic (exact) mass is 238 g/mol. The molecule has 94 valence electrons. The molecule has 0 spiro atoms. The van der Waals surface area contributed by atoms with Crippen LogP contribution in [0.1, 0.15) is 44.3 Å². The molecule has 0 aromatic carbocycles. The maximum atomic E-state index is 10.5. The van der Waals surface area contributed by atoms with E-state index in [2.05, 4.69) is 15.4 Å². The van der Waals surface area contributed by atoms with Crippen LogP contribution in [0.2, 0.25) is 0 Å². The molecule has 1 fully saturated rings. The number of nitrogens with zero attached hydrogens (tertiary/aromatic N) is 4. The minimum absolute atomic E-state index is 0.212. The lowest BCUT2D eigenvalue weighted by Gasteiger charge is -2.20. The number of aromatic nitrogens is 4. The highest BCUT2D eigenvalue weighted by Crippen LogP contribution is 2.26. The van der Waals surface area contributed by atoms with Crippen LogP contribution in [0.5, 0.6) is 0 Å². The van der Waals surface area contributed by atoms with Crippen LogP contribution in [0.4, 0.5) is 0 Å². The number of carbonyl (C=O) groups is 1. The van der Waals surface area contributed by atoms with Gasteiger partial charge in [-0.3, -0.25) is 4.79 Å². The molecular formula is C11H18N4O2. The predicted octanol–water partition coefficient (Wildman–Crippen LogP) is 1.27. The fourth-order valence-electron chi connectivity index (χ4n) is 2.37. The summed E-state index contributed by atoms with van der Waals surface area (Å²) in [7, 11) is 0. The number of hydrogen-bond acceptors (Lipinski definition) is 4. The number of aryl methyl sites for hydroxylation is 1. The van der Waals surface area contributed by atoms with E-state index in [0.29, 0.717) is 5.82 Å². The molecule has 6 nitrogen and oxygen atoms in total. The van der Waals surface area contributed by atoms with Crippen LogP contribution in [0, 0.1) is 5.92 Å². The summed E-state index contributed by atoms with van der Waals surface area (Å²) in [5, 5.41) is 20.2. The van der Waals surface area contributed by atoms with Crippen molar-refractivity contribution in [1.82, 2.24) is 20.2 Å². The van der Waals surface area contributed by atoms with Crippen molar-refractivity contribution < 1.29 is 9.90 Å². The van der Waals surface area contributed by atoms with E-state index < -0.39 is 5.97 Å². The van der Waals surface area contributed by atoms with Crippen molar-refractivity contribution in [1.29, 1.82) is 0 Å². The molecule has 1 aromatic heterocycles.